The highest BCUT2D eigenvalue weighted by atomic mass is 19.1. The molecule has 1 aliphatic rings. The number of benzene rings is 1. The number of rotatable bonds is 6. The first-order valence-corrected chi connectivity index (χ1v) is 10.2. The van der Waals surface area contributed by atoms with E-state index >= 15 is 0 Å². The Bertz CT molecular complexity index is 1000. The van der Waals surface area contributed by atoms with Crippen LogP contribution in [-0.4, -0.2) is 63.7 Å². The van der Waals surface area contributed by atoms with Gasteiger partial charge in [0.05, 0.1) is 5.69 Å². The monoisotopic (exact) mass is 407 g/mol. The number of aromatic nitrogens is 3. The van der Waals surface area contributed by atoms with E-state index in [2.05, 4.69) is 9.88 Å². The summed E-state index contributed by atoms with van der Waals surface area (Å²) >= 11 is 0. The van der Waals surface area contributed by atoms with Gasteiger partial charge in [-0.15, -0.1) is 0 Å². The number of likely N-dealkylation sites (N-methyl/N-ethyl adjacent to an activating group) is 1. The van der Waals surface area contributed by atoms with Crippen molar-refractivity contribution in [1.82, 2.24) is 24.6 Å². The summed E-state index contributed by atoms with van der Waals surface area (Å²) in [5.41, 5.74) is 3.64. The number of nitrogens with zero attached hydrogens (tertiary/aromatic N) is 5. The van der Waals surface area contributed by atoms with E-state index in [0.29, 0.717) is 12.5 Å². The van der Waals surface area contributed by atoms with Crippen molar-refractivity contribution in [1.29, 1.82) is 0 Å². The molecule has 0 aliphatic carbocycles. The molecule has 3 heterocycles. The first-order chi connectivity index (χ1) is 14.5. The Hall–Kier alpha value is -3.06. The Kier molecular flexibility index (Phi) is 5.90. The second-order valence-electron chi connectivity index (χ2n) is 7.96. The maximum absolute atomic E-state index is 13.3. The largest absolute Gasteiger partial charge is 0.339 e. The normalized spacial score (nSPS) is 16.4. The zero-order valence-corrected chi connectivity index (χ0v) is 17.3. The number of hydrogen-bond donors (Lipinski definition) is 0. The lowest BCUT2D eigenvalue weighted by Crippen LogP contribution is -2.36. The number of carbonyl (C=O) groups excluding carboxylic acids is 1. The molecule has 0 saturated carbocycles. The van der Waals surface area contributed by atoms with E-state index < -0.39 is 0 Å². The van der Waals surface area contributed by atoms with Gasteiger partial charge in [0.2, 0.25) is 5.91 Å². The minimum Gasteiger partial charge on any atom is -0.339 e. The fourth-order valence-electron chi connectivity index (χ4n) is 3.83. The number of pyridine rings is 1. The van der Waals surface area contributed by atoms with Gasteiger partial charge in [-0.2, -0.15) is 5.10 Å². The standard InChI is InChI=1S/C23H26FN5O/c1-27(2)20-9-12-28(15-20)23(30)16-29-21(13-17-3-5-19(24)6-4-17)14-22(26-29)18-7-10-25-11-8-18/h3-8,10-11,14,20H,9,12-13,15-16H2,1-2H3/t20-/m0/s1. The molecule has 4 rings (SSSR count). The van der Waals surface area contributed by atoms with E-state index in [1.165, 1.54) is 12.1 Å². The van der Waals surface area contributed by atoms with Crippen molar-refractivity contribution < 1.29 is 9.18 Å². The van der Waals surface area contributed by atoms with Gasteiger partial charge in [0, 0.05) is 49.2 Å². The molecule has 0 spiro atoms. The van der Waals surface area contributed by atoms with Crippen LogP contribution in [0.1, 0.15) is 17.7 Å². The number of amides is 1. The maximum Gasteiger partial charge on any atom is 0.244 e. The van der Waals surface area contributed by atoms with Crippen LogP contribution in [0.2, 0.25) is 0 Å². The van der Waals surface area contributed by atoms with Crippen LogP contribution >= 0.6 is 0 Å². The highest BCUT2D eigenvalue weighted by Gasteiger charge is 2.28. The zero-order chi connectivity index (χ0) is 21.1. The lowest BCUT2D eigenvalue weighted by atomic mass is 10.1. The molecule has 156 valence electrons. The Morgan fingerprint density at radius 2 is 1.90 bits per heavy atom. The van der Waals surface area contributed by atoms with Crippen molar-refractivity contribution in [3.8, 4) is 11.3 Å². The van der Waals surface area contributed by atoms with Crippen LogP contribution in [0.4, 0.5) is 4.39 Å². The fraction of sp³-hybridized carbons (Fsp3) is 0.348. The molecular formula is C23H26FN5O. The van der Waals surface area contributed by atoms with Crippen LogP contribution in [0.3, 0.4) is 0 Å². The van der Waals surface area contributed by atoms with Crippen LogP contribution in [0.5, 0.6) is 0 Å². The molecule has 0 radical (unpaired) electrons. The molecule has 3 aromatic rings. The van der Waals surface area contributed by atoms with Crippen molar-refractivity contribution in [3.05, 3.63) is 71.9 Å². The van der Waals surface area contributed by atoms with Gasteiger partial charge in [0.15, 0.2) is 0 Å². The van der Waals surface area contributed by atoms with Gasteiger partial charge in [-0.05, 0) is 56.4 Å². The molecule has 30 heavy (non-hydrogen) atoms. The van der Waals surface area contributed by atoms with E-state index in [9.17, 15) is 9.18 Å². The molecule has 2 aromatic heterocycles. The van der Waals surface area contributed by atoms with Crippen molar-refractivity contribution in [2.75, 3.05) is 27.2 Å². The molecule has 1 aliphatic heterocycles. The maximum atomic E-state index is 13.3. The van der Waals surface area contributed by atoms with Gasteiger partial charge in [-0.25, -0.2) is 4.39 Å². The zero-order valence-electron chi connectivity index (χ0n) is 17.3. The molecule has 1 aromatic carbocycles. The second-order valence-corrected chi connectivity index (χ2v) is 7.96. The minimum atomic E-state index is -0.260. The predicted molar refractivity (Wildman–Crippen MR) is 113 cm³/mol. The summed E-state index contributed by atoms with van der Waals surface area (Å²) in [6.07, 6.45) is 5.02. The third-order valence-corrected chi connectivity index (χ3v) is 5.67. The van der Waals surface area contributed by atoms with Crippen LogP contribution in [-0.2, 0) is 17.8 Å². The van der Waals surface area contributed by atoms with Gasteiger partial charge in [-0.3, -0.25) is 14.5 Å². The average molecular weight is 407 g/mol. The molecule has 6 nitrogen and oxygen atoms in total. The smallest absolute Gasteiger partial charge is 0.244 e. The summed E-state index contributed by atoms with van der Waals surface area (Å²) in [6, 6.07) is 12.6. The predicted octanol–water partition coefficient (Wildman–Crippen LogP) is 2.84. The van der Waals surface area contributed by atoms with Crippen LogP contribution in [0.25, 0.3) is 11.3 Å². The van der Waals surface area contributed by atoms with Gasteiger partial charge in [0.1, 0.15) is 12.4 Å². The Labute approximate surface area is 175 Å². The van der Waals surface area contributed by atoms with Crippen molar-refractivity contribution in [2.24, 2.45) is 0 Å². The summed E-state index contributed by atoms with van der Waals surface area (Å²) in [7, 11) is 4.10. The first-order valence-electron chi connectivity index (χ1n) is 10.2. The number of hydrogen-bond acceptors (Lipinski definition) is 4. The fourth-order valence-corrected chi connectivity index (χ4v) is 3.83. The highest BCUT2D eigenvalue weighted by Crippen LogP contribution is 2.21. The lowest BCUT2D eigenvalue weighted by molar-refractivity contribution is -0.131. The van der Waals surface area contributed by atoms with Gasteiger partial charge in [0.25, 0.3) is 0 Å². The van der Waals surface area contributed by atoms with E-state index in [-0.39, 0.29) is 18.3 Å². The van der Waals surface area contributed by atoms with Gasteiger partial charge >= 0.3 is 0 Å². The SMILES string of the molecule is CN(C)[C@H]1CCN(C(=O)Cn2nc(-c3ccncc3)cc2Cc2ccc(F)cc2)C1. The lowest BCUT2D eigenvalue weighted by Gasteiger charge is -2.20. The Morgan fingerprint density at radius 1 is 1.17 bits per heavy atom. The number of carbonyl (C=O) groups is 1. The summed E-state index contributed by atoms with van der Waals surface area (Å²) < 4.78 is 15.1. The second kappa shape index (κ2) is 8.75. The quantitative estimate of drug-likeness (QED) is 0.631. The van der Waals surface area contributed by atoms with E-state index in [1.807, 2.05) is 37.2 Å². The molecule has 1 amide bonds. The van der Waals surface area contributed by atoms with Crippen LogP contribution < -0.4 is 0 Å². The van der Waals surface area contributed by atoms with E-state index in [1.54, 1.807) is 29.2 Å². The number of halogens is 1. The average Bonchev–Trinajstić information content (AvgIpc) is 3.39. The Balaban J connectivity index is 1.57. The molecule has 1 fully saturated rings. The molecule has 0 N–H and O–H groups in total. The van der Waals surface area contributed by atoms with Gasteiger partial charge < -0.3 is 9.80 Å². The first kappa shape index (κ1) is 20.2. The Morgan fingerprint density at radius 3 is 2.57 bits per heavy atom. The van der Waals surface area contributed by atoms with Crippen LogP contribution in [0, 0.1) is 5.82 Å². The van der Waals surface area contributed by atoms with Crippen molar-refractivity contribution >= 4 is 5.91 Å². The highest BCUT2D eigenvalue weighted by molar-refractivity contribution is 5.76. The molecule has 7 heteroatoms. The summed E-state index contributed by atoms with van der Waals surface area (Å²) in [5.74, 6) is -0.187. The van der Waals surface area contributed by atoms with Crippen LogP contribution in [0.15, 0.2) is 54.9 Å². The minimum absolute atomic E-state index is 0.0732. The molecule has 0 bridgehead atoms. The topological polar surface area (TPSA) is 54.3 Å². The summed E-state index contributed by atoms with van der Waals surface area (Å²) in [6.45, 7) is 1.72. The van der Waals surface area contributed by atoms with Crippen molar-refractivity contribution in [3.63, 3.8) is 0 Å². The summed E-state index contributed by atoms with van der Waals surface area (Å²) in [5, 5.41) is 4.72. The van der Waals surface area contributed by atoms with E-state index in [0.717, 1.165) is 42.0 Å². The third kappa shape index (κ3) is 4.57. The van der Waals surface area contributed by atoms with Crippen molar-refractivity contribution in [2.45, 2.75) is 25.4 Å². The van der Waals surface area contributed by atoms with E-state index in [4.69, 9.17) is 5.10 Å². The summed E-state index contributed by atoms with van der Waals surface area (Å²) in [4.78, 5) is 21.1. The molecule has 1 saturated heterocycles. The third-order valence-electron chi connectivity index (χ3n) is 5.67. The molecular weight excluding hydrogens is 381 g/mol. The molecule has 1 atom stereocenters. The number of likely N-dealkylation sites (tertiary alicyclic amines) is 1. The molecule has 0 unspecified atom stereocenters. The van der Waals surface area contributed by atoms with Gasteiger partial charge in [-0.1, -0.05) is 12.1 Å².